The number of hydrogen-bond acceptors (Lipinski definition) is 6. The van der Waals surface area contributed by atoms with Crippen LogP contribution in [0.25, 0.3) is 10.7 Å². The van der Waals surface area contributed by atoms with Crippen LogP contribution in [0.3, 0.4) is 0 Å². The molecule has 0 aliphatic rings. The minimum absolute atomic E-state index is 0.0000483. The van der Waals surface area contributed by atoms with Crippen LogP contribution in [-0.4, -0.2) is 26.5 Å². The minimum atomic E-state index is -1.05. The zero-order valence-electron chi connectivity index (χ0n) is 10.1. The van der Waals surface area contributed by atoms with Crippen LogP contribution in [0.2, 0.25) is 0 Å². The molecule has 2 heterocycles. The third-order valence-corrected chi connectivity index (χ3v) is 4.14. The summed E-state index contributed by atoms with van der Waals surface area (Å²) in [5, 5.41) is 21.4. The molecule has 0 aliphatic heterocycles. The lowest BCUT2D eigenvalue weighted by molar-refractivity contribution is -0.305. The van der Waals surface area contributed by atoms with E-state index in [9.17, 15) is 9.90 Å². The van der Waals surface area contributed by atoms with Gasteiger partial charge < -0.3 is 9.90 Å². The number of carboxylic acid groups (broad SMARTS) is 1. The molecule has 5 nitrogen and oxygen atoms in total. The van der Waals surface area contributed by atoms with E-state index in [0.29, 0.717) is 17.5 Å². The molecule has 0 saturated heterocycles. The van der Waals surface area contributed by atoms with Crippen LogP contribution in [-0.2, 0) is 11.3 Å². The van der Waals surface area contributed by atoms with E-state index in [-0.39, 0.29) is 6.42 Å². The standard InChI is InChI=1S/C12H13N3O2S2/c1-2-6-15-11(9-4-3-7-18-9)13-14-12(15)19-8-5-10(16)17/h2-4,7H,1,5-6,8H2,(H,16,17)/p-1. The zero-order valence-corrected chi connectivity index (χ0v) is 11.7. The van der Waals surface area contributed by atoms with Gasteiger partial charge in [0.15, 0.2) is 11.0 Å². The van der Waals surface area contributed by atoms with Gasteiger partial charge in [-0.3, -0.25) is 4.57 Å². The molecule has 0 spiro atoms. The van der Waals surface area contributed by atoms with Crippen molar-refractivity contribution in [3.05, 3.63) is 30.2 Å². The minimum Gasteiger partial charge on any atom is -0.550 e. The Morgan fingerprint density at radius 1 is 1.58 bits per heavy atom. The van der Waals surface area contributed by atoms with Crippen molar-refractivity contribution in [1.82, 2.24) is 14.8 Å². The monoisotopic (exact) mass is 294 g/mol. The Labute approximate surface area is 119 Å². The summed E-state index contributed by atoms with van der Waals surface area (Å²) in [6.07, 6.45) is 1.77. The highest BCUT2D eigenvalue weighted by molar-refractivity contribution is 7.99. The van der Waals surface area contributed by atoms with Crippen molar-refractivity contribution in [2.45, 2.75) is 18.1 Å². The maximum atomic E-state index is 10.4. The summed E-state index contributed by atoms with van der Waals surface area (Å²) in [6, 6.07) is 3.93. The number of rotatable bonds is 7. The predicted octanol–water partition coefficient (Wildman–Crippen LogP) is 1.42. The SMILES string of the molecule is C=CCn1c(SCCC(=O)[O-])nnc1-c1cccs1. The Morgan fingerprint density at radius 3 is 3.05 bits per heavy atom. The van der Waals surface area contributed by atoms with Gasteiger partial charge in [0.05, 0.1) is 4.88 Å². The molecule has 0 unspecified atom stereocenters. The van der Waals surface area contributed by atoms with E-state index in [1.54, 1.807) is 17.4 Å². The number of carboxylic acids is 1. The van der Waals surface area contributed by atoms with E-state index >= 15 is 0 Å². The van der Waals surface area contributed by atoms with Crippen LogP contribution in [0.15, 0.2) is 35.3 Å². The highest BCUT2D eigenvalue weighted by Crippen LogP contribution is 2.27. The summed E-state index contributed by atoms with van der Waals surface area (Å²) >= 11 is 2.95. The van der Waals surface area contributed by atoms with Crippen LogP contribution in [0.1, 0.15) is 6.42 Å². The summed E-state index contributed by atoms with van der Waals surface area (Å²) in [5.41, 5.74) is 0. The third kappa shape index (κ3) is 3.45. The van der Waals surface area contributed by atoms with Crippen LogP contribution < -0.4 is 5.11 Å². The predicted molar refractivity (Wildman–Crippen MR) is 73.9 cm³/mol. The molecule has 7 heteroatoms. The number of nitrogens with zero attached hydrogens (tertiary/aromatic N) is 3. The first-order valence-electron chi connectivity index (χ1n) is 5.63. The van der Waals surface area contributed by atoms with Crippen molar-refractivity contribution >= 4 is 29.1 Å². The van der Waals surface area contributed by atoms with Crippen molar-refractivity contribution < 1.29 is 9.90 Å². The van der Waals surface area contributed by atoms with Gasteiger partial charge in [0.25, 0.3) is 0 Å². The lowest BCUT2D eigenvalue weighted by Gasteiger charge is -2.06. The quantitative estimate of drug-likeness (QED) is 0.570. The summed E-state index contributed by atoms with van der Waals surface area (Å²) in [7, 11) is 0. The molecule has 2 rings (SSSR count). The Morgan fingerprint density at radius 2 is 2.42 bits per heavy atom. The smallest absolute Gasteiger partial charge is 0.191 e. The number of carbonyl (C=O) groups is 1. The second-order valence-electron chi connectivity index (χ2n) is 3.65. The first kappa shape index (κ1) is 13.8. The summed E-state index contributed by atoms with van der Waals surface area (Å²) in [4.78, 5) is 11.4. The average Bonchev–Trinajstić information content (AvgIpc) is 2.99. The van der Waals surface area contributed by atoms with Crippen LogP contribution in [0.4, 0.5) is 0 Å². The molecule has 0 atom stereocenters. The van der Waals surface area contributed by atoms with Crippen molar-refractivity contribution in [3.63, 3.8) is 0 Å². The molecule has 2 aromatic heterocycles. The third-order valence-electron chi connectivity index (χ3n) is 2.31. The largest absolute Gasteiger partial charge is 0.550 e. The first-order chi connectivity index (χ1) is 9.22. The van der Waals surface area contributed by atoms with Gasteiger partial charge in [-0.1, -0.05) is 23.9 Å². The van der Waals surface area contributed by atoms with Gasteiger partial charge in [0.1, 0.15) is 0 Å². The molecule has 0 radical (unpaired) electrons. The summed E-state index contributed by atoms with van der Waals surface area (Å²) < 4.78 is 1.93. The molecule has 0 fully saturated rings. The molecule has 0 aliphatic carbocycles. The van der Waals surface area contributed by atoms with Crippen molar-refractivity contribution in [1.29, 1.82) is 0 Å². The van der Waals surface area contributed by atoms with Crippen LogP contribution in [0, 0.1) is 0 Å². The van der Waals surface area contributed by atoms with E-state index in [1.807, 2.05) is 22.1 Å². The molecular weight excluding hydrogens is 282 g/mol. The second-order valence-corrected chi connectivity index (χ2v) is 5.66. The fraction of sp³-hybridized carbons (Fsp3) is 0.250. The van der Waals surface area contributed by atoms with Crippen LogP contribution >= 0.6 is 23.1 Å². The molecule has 19 heavy (non-hydrogen) atoms. The highest BCUT2D eigenvalue weighted by Gasteiger charge is 2.13. The van der Waals surface area contributed by atoms with E-state index in [2.05, 4.69) is 16.8 Å². The maximum Gasteiger partial charge on any atom is 0.191 e. The van der Waals surface area contributed by atoms with Crippen molar-refractivity contribution in [2.24, 2.45) is 0 Å². The fourth-order valence-corrected chi connectivity index (χ4v) is 3.09. The fourth-order valence-electron chi connectivity index (χ4n) is 1.50. The average molecular weight is 294 g/mol. The van der Waals surface area contributed by atoms with E-state index < -0.39 is 5.97 Å². The second kappa shape index (κ2) is 6.53. The Balaban J connectivity index is 2.19. The number of thiophene rings is 1. The zero-order chi connectivity index (χ0) is 13.7. The first-order valence-corrected chi connectivity index (χ1v) is 7.49. The molecule has 2 aromatic rings. The van der Waals surface area contributed by atoms with Gasteiger partial charge in [-0.2, -0.15) is 0 Å². The molecule has 0 amide bonds. The molecular formula is C12H12N3O2S2-. The van der Waals surface area contributed by atoms with E-state index in [4.69, 9.17) is 0 Å². The molecule has 0 bridgehead atoms. The van der Waals surface area contributed by atoms with Gasteiger partial charge in [-0.15, -0.1) is 28.1 Å². The summed E-state index contributed by atoms with van der Waals surface area (Å²) in [5.74, 6) is 0.147. The lowest BCUT2D eigenvalue weighted by atomic mass is 10.4. The van der Waals surface area contributed by atoms with Gasteiger partial charge in [-0.05, 0) is 17.9 Å². The van der Waals surface area contributed by atoms with Gasteiger partial charge >= 0.3 is 0 Å². The Kier molecular flexibility index (Phi) is 4.75. The molecule has 100 valence electrons. The number of allylic oxidation sites excluding steroid dienone is 1. The van der Waals surface area contributed by atoms with Crippen molar-refractivity contribution in [3.8, 4) is 10.7 Å². The van der Waals surface area contributed by atoms with Gasteiger partial charge in [-0.25, -0.2) is 0 Å². The highest BCUT2D eigenvalue weighted by atomic mass is 32.2. The number of hydrogen-bond donors (Lipinski definition) is 0. The van der Waals surface area contributed by atoms with Gasteiger partial charge in [0, 0.05) is 18.3 Å². The van der Waals surface area contributed by atoms with E-state index in [1.165, 1.54) is 11.8 Å². The Hall–Kier alpha value is -1.60. The van der Waals surface area contributed by atoms with Gasteiger partial charge in [0.2, 0.25) is 0 Å². The molecule has 0 saturated carbocycles. The number of aliphatic carboxylic acids is 1. The molecule has 0 N–H and O–H groups in total. The summed E-state index contributed by atoms with van der Waals surface area (Å²) in [6.45, 7) is 4.31. The normalized spacial score (nSPS) is 10.5. The lowest BCUT2D eigenvalue weighted by Crippen LogP contribution is -2.22. The number of aromatic nitrogens is 3. The number of carbonyl (C=O) groups excluding carboxylic acids is 1. The maximum absolute atomic E-state index is 10.4. The van der Waals surface area contributed by atoms with E-state index in [0.717, 1.165) is 10.7 Å². The van der Waals surface area contributed by atoms with Crippen molar-refractivity contribution in [2.75, 3.05) is 5.75 Å². The Bertz CT molecular complexity index is 564. The van der Waals surface area contributed by atoms with Crippen LogP contribution in [0.5, 0.6) is 0 Å². The number of thioether (sulfide) groups is 1. The topological polar surface area (TPSA) is 70.8 Å². The molecule has 0 aromatic carbocycles.